The number of hydrogen-bond acceptors (Lipinski definition) is 1. The first-order valence-corrected chi connectivity index (χ1v) is 6.99. The lowest BCUT2D eigenvalue weighted by molar-refractivity contribution is 0.624. The van der Waals surface area contributed by atoms with Gasteiger partial charge in [0.1, 0.15) is 11.6 Å². The Labute approximate surface area is 132 Å². The Hall–Kier alpha value is -3.19. The zero-order chi connectivity index (χ0) is 16.2. The van der Waals surface area contributed by atoms with Crippen LogP contribution in [0.15, 0.2) is 66.9 Å². The standard InChI is InChI=1S/C19H12F2N2/c20-15-7-9-16(10-8-15)23-11-3-4-17(23)12-14(13-22)18-5-1-2-6-19(18)21/h1-12H/b14-12-. The van der Waals surface area contributed by atoms with Crippen molar-refractivity contribution >= 4 is 11.6 Å². The molecule has 3 rings (SSSR count). The number of nitrogens with zero attached hydrogens (tertiary/aromatic N) is 2. The fourth-order valence-corrected chi connectivity index (χ4v) is 2.35. The van der Waals surface area contributed by atoms with Gasteiger partial charge >= 0.3 is 0 Å². The molecule has 0 aliphatic rings. The summed E-state index contributed by atoms with van der Waals surface area (Å²) in [6, 6.07) is 17.8. The van der Waals surface area contributed by atoms with Crippen LogP contribution in [0.2, 0.25) is 0 Å². The molecule has 4 heteroatoms. The highest BCUT2D eigenvalue weighted by Crippen LogP contribution is 2.22. The fraction of sp³-hybridized carbons (Fsp3) is 0. The van der Waals surface area contributed by atoms with Gasteiger partial charge < -0.3 is 4.57 Å². The number of rotatable bonds is 3. The van der Waals surface area contributed by atoms with Crippen molar-refractivity contribution in [3.63, 3.8) is 0 Å². The van der Waals surface area contributed by atoms with Crippen LogP contribution in [0.25, 0.3) is 17.3 Å². The number of aromatic nitrogens is 1. The molecule has 0 bridgehead atoms. The smallest absolute Gasteiger partial charge is 0.131 e. The van der Waals surface area contributed by atoms with Crippen molar-refractivity contribution in [1.82, 2.24) is 4.57 Å². The van der Waals surface area contributed by atoms with Crippen LogP contribution >= 0.6 is 0 Å². The monoisotopic (exact) mass is 306 g/mol. The summed E-state index contributed by atoms with van der Waals surface area (Å²) in [6.45, 7) is 0. The van der Waals surface area contributed by atoms with Crippen molar-refractivity contribution in [1.29, 1.82) is 5.26 Å². The second-order valence-electron chi connectivity index (χ2n) is 4.93. The predicted molar refractivity (Wildman–Crippen MR) is 85.6 cm³/mol. The van der Waals surface area contributed by atoms with Crippen LogP contribution in [0.5, 0.6) is 0 Å². The van der Waals surface area contributed by atoms with Crippen molar-refractivity contribution in [2.45, 2.75) is 0 Å². The number of halogens is 2. The van der Waals surface area contributed by atoms with Crippen LogP contribution in [-0.4, -0.2) is 4.57 Å². The molecule has 0 aliphatic heterocycles. The molecule has 0 fully saturated rings. The molecule has 1 heterocycles. The molecule has 0 radical (unpaired) electrons. The SMILES string of the molecule is N#C/C(=C/c1cccn1-c1ccc(F)cc1)c1ccccc1F. The van der Waals surface area contributed by atoms with Crippen molar-refractivity contribution < 1.29 is 8.78 Å². The Balaban J connectivity index is 2.06. The van der Waals surface area contributed by atoms with Crippen molar-refractivity contribution in [3.8, 4) is 11.8 Å². The second kappa shape index (κ2) is 6.29. The van der Waals surface area contributed by atoms with Gasteiger partial charge in [-0.15, -0.1) is 0 Å². The molecule has 2 aromatic carbocycles. The minimum Gasteiger partial charge on any atom is -0.317 e. The van der Waals surface area contributed by atoms with Gasteiger partial charge in [0.25, 0.3) is 0 Å². The molecule has 2 nitrogen and oxygen atoms in total. The molecule has 0 unspecified atom stereocenters. The van der Waals surface area contributed by atoms with E-state index in [2.05, 4.69) is 0 Å². The van der Waals surface area contributed by atoms with Crippen LogP contribution in [0.4, 0.5) is 8.78 Å². The van der Waals surface area contributed by atoms with E-state index in [0.717, 1.165) is 5.69 Å². The van der Waals surface area contributed by atoms with Gasteiger partial charge in [0.05, 0.1) is 11.6 Å². The molecule has 23 heavy (non-hydrogen) atoms. The summed E-state index contributed by atoms with van der Waals surface area (Å²) < 4.78 is 28.7. The summed E-state index contributed by atoms with van der Waals surface area (Å²) in [5.74, 6) is -0.762. The van der Waals surface area contributed by atoms with Crippen molar-refractivity contribution in [2.24, 2.45) is 0 Å². The normalized spacial score (nSPS) is 11.3. The molecule has 3 aromatic rings. The van der Waals surface area contributed by atoms with Gasteiger partial charge in [0.15, 0.2) is 0 Å². The molecule has 0 aliphatic carbocycles. The number of benzene rings is 2. The summed E-state index contributed by atoms with van der Waals surface area (Å²) in [5.41, 5.74) is 1.94. The van der Waals surface area contributed by atoms with Gasteiger partial charge in [0, 0.05) is 23.1 Å². The lowest BCUT2D eigenvalue weighted by Crippen LogP contribution is -1.96. The highest BCUT2D eigenvalue weighted by Gasteiger charge is 2.09. The van der Waals surface area contributed by atoms with E-state index >= 15 is 0 Å². The Morgan fingerprint density at radius 1 is 0.957 bits per heavy atom. The molecule has 0 amide bonds. The number of hydrogen-bond donors (Lipinski definition) is 0. The molecular weight excluding hydrogens is 294 g/mol. The number of allylic oxidation sites excluding steroid dienone is 1. The molecule has 0 N–H and O–H groups in total. The van der Waals surface area contributed by atoms with E-state index in [-0.39, 0.29) is 17.0 Å². The average Bonchev–Trinajstić information content (AvgIpc) is 3.02. The third-order valence-corrected chi connectivity index (χ3v) is 3.46. The van der Waals surface area contributed by atoms with Crippen molar-refractivity contribution in [3.05, 3.63) is 89.8 Å². The largest absolute Gasteiger partial charge is 0.317 e. The summed E-state index contributed by atoms with van der Waals surface area (Å²) in [7, 11) is 0. The number of nitriles is 1. The maximum atomic E-state index is 13.9. The highest BCUT2D eigenvalue weighted by molar-refractivity contribution is 5.89. The van der Waals surface area contributed by atoms with E-state index in [1.54, 1.807) is 47.2 Å². The Morgan fingerprint density at radius 3 is 2.39 bits per heavy atom. The first-order valence-electron chi connectivity index (χ1n) is 6.99. The average molecular weight is 306 g/mol. The van der Waals surface area contributed by atoms with Crippen LogP contribution in [0.3, 0.4) is 0 Å². The third kappa shape index (κ3) is 3.04. The molecule has 0 saturated heterocycles. The first-order chi connectivity index (χ1) is 11.2. The Bertz CT molecular complexity index is 900. The fourth-order valence-electron chi connectivity index (χ4n) is 2.35. The molecule has 0 saturated carbocycles. The molecular formula is C19H12F2N2. The minimum atomic E-state index is -0.444. The van der Waals surface area contributed by atoms with Gasteiger partial charge in [0.2, 0.25) is 0 Å². The van der Waals surface area contributed by atoms with Crippen LogP contribution in [-0.2, 0) is 0 Å². The maximum Gasteiger partial charge on any atom is 0.131 e. The first kappa shape index (κ1) is 14.7. The maximum absolute atomic E-state index is 13.9. The quantitative estimate of drug-likeness (QED) is 0.638. The zero-order valence-corrected chi connectivity index (χ0v) is 12.1. The molecule has 0 spiro atoms. The van der Waals surface area contributed by atoms with Gasteiger partial charge in [-0.25, -0.2) is 8.78 Å². The lowest BCUT2D eigenvalue weighted by atomic mass is 10.1. The minimum absolute atomic E-state index is 0.227. The van der Waals surface area contributed by atoms with Gasteiger partial charge in [-0.05, 0) is 48.5 Å². The second-order valence-corrected chi connectivity index (χ2v) is 4.93. The highest BCUT2D eigenvalue weighted by atomic mass is 19.1. The van der Waals surface area contributed by atoms with E-state index in [9.17, 15) is 14.0 Å². The molecule has 0 atom stereocenters. The molecule has 1 aromatic heterocycles. The van der Waals surface area contributed by atoms with Crippen LogP contribution < -0.4 is 0 Å². The van der Waals surface area contributed by atoms with Crippen LogP contribution in [0.1, 0.15) is 11.3 Å². The van der Waals surface area contributed by atoms with E-state index < -0.39 is 5.82 Å². The zero-order valence-electron chi connectivity index (χ0n) is 12.1. The van der Waals surface area contributed by atoms with Crippen LogP contribution in [0, 0.1) is 23.0 Å². The topological polar surface area (TPSA) is 28.7 Å². The van der Waals surface area contributed by atoms with E-state index in [1.165, 1.54) is 18.2 Å². The van der Waals surface area contributed by atoms with E-state index in [0.29, 0.717) is 5.69 Å². The Kier molecular flexibility index (Phi) is 4.03. The molecule has 112 valence electrons. The summed E-state index contributed by atoms with van der Waals surface area (Å²) in [6.07, 6.45) is 3.41. The summed E-state index contributed by atoms with van der Waals surface area (Å²) in [4.78, 5) is 0. The summed E-state index contributed by atoms with van der Waals surface area (Å²) >= 11 is 0. The third-order valence-electron chi connectivity index (χ3n) is 3.46. The van der Waals surface area contributed by atoms with Gasteiger partial charge in [-0.1, -0.05) is 18.2 Å². The van der Waals surface area contributed by atoms with Crippen molar-refractivity contribution in [2.75, 3.05) is 0 Å². The summed E-state index contributed by atoms with van der Waals surface area (Å²) in [5, 5.41) is 9.36. The van der Waals surface area contributed by atoms with E-state index in [4.69, 9.17) is 0 Å². The Morgan fingerprint density at radius 2 is 1.70 bits per heavy atom. The van der Waals surface area contributed by atoms with Gasteiger partial charge in [-0.2, -0.15) is 5.26 Å². The van der Waals surface area contributed by atoms with E-state index in [1.807, 2.05) is 18.2 Å². The lowest BCUT2D eigenvalue weighted by Gasteiger charge is -2.07. The van der Waals surface area contributed by atoms with Gasteiger partial charge in [-0.3, -0.25) is 0 Å². The predicted octanol–water partition coefficient (Wildman–Crippen LogP) is 4.82.